The number of hydrogen-bond donors (Lipinski definition) is 5. The van der Waals surface area contributed by atoms with E-state index in [0.717, 1.165) is 11.8 Å². The van der Waals surface area contributed by atoms with Crippen LogP contribution >= 0.6 is 0 Å². The molecule has 0 aliphatic rings. The summed E-state index contributed by atoms with van der Waals surface area (Å²) in [4.78, 5) is 68.5. The summed E-state index contributed by atoms with van der Waals surface area (Å²) >= 11 is 0. The average molecular weight is 823 g/mol. The maximum Gasteiger partial charge on any atom is 0.293 e. The minimum Gasteiger partial charge on any atom is -0.463 e. The molecule has 1 atom stereocenters. The summed E-state index contributed by atoms with van der Waals surface area (Å²) in [5, 5.41) is 18.6. The molecule has 2 heterocycles. The molecule has 0 unspecified atom stereocenters. The lowest BCUT2D eigenvalue weighted by atomic mass is 10.1. The molecule has 310 valence electrons. The topological polar surface area (TPSA) is 278 Å². The van der Waals surface area contributed by atoms with E-state index in [9.17, 15) is 32.4 Å². The number of ether oxygens (including phenoxy) is 3. The smallest absolute Gasteiger partial charge is 0.293 e. The van der Waals surface area contributed by atoms with Gasteiger partial charge in [-0.3, -0.25) is 24.0 Å². The van der Waals surface area contributed by atoms with Crippen molar-refractivity contribution in [1.82, 2.24) is 40.9 Å². The monoisotopic (exact) mass is 822 g/mol. The van der Waals surface area contributed by atoms with Gasteiger partial charge >= 0.3 is 0 Å². The van der Waals surface area contributed by atoms with E-state index < -0.39 is 40.2 Å². The molecule has 58 heavy (non-hydrogen) atoms. The zero-order valence-electron chi connectivity index (χ0n) is 31.8. The van der Waals surface area contributed by atoms with Crippen LogP contribution in [-0.4, -0.2) is 115 Å². The van der Waals surface area contributed by atoms with Crippen LogP contribution in [0.15, 0.2) is 72.3 Å². The molecule has 2 aromatic carbocycles. The van der Waals surface area contributed by atoms with Crippen molar-refractivity contribution in [2.24, 2.45) is 5.73 Å². The number of benzene rings is 2. The average Bonchev–Trinajstić information content (AvgIpc) is 3.68. The summed E-state index contributed by atoms with van der Waals surface area (Å²) in [5.41, 5.74) is 9.08. The van der Waals surface area contributed by atoms with E-state index in [1.807, 2.05) is 0 Å². The van der Waals surface area contributed by atoms with Gasteiger partial charge in [-0.25, -0.2) is 23.1 Å². The van der Waals surface area contributed by atoms with Gasteiger partial charge in [-0.15, -0.1) is 5.10 Å². The van der Waals surface area contributed by atoms with Crippen molar-refractivity contribution in [3.8, 4) is 11.1 Å². The van der Waals surface area contributed by atoms with Crippen LogP contribution in [0.3, 0.4) is 0 Å². The molecule has 0 radical (unpaired) electrons. The second-order valence-corrected chi connectivity index (χ2v) is 14.6. The van der Waals surface area contributed by atoms with E-state index in [0.29, 0.717) is 66.9 Å². The minimum atomic E-state index is -3.51. The molecule has 2 aromatic heterocycles. The van der Waals surface area contributed by atoms with E-state index in [1.165, 1.54) is 12.4 Å². The van der Waals surface area contributed by atoms with Crippen LogP contribution < -0.4 is 27.0 Å². The molecule has 0 aliphatic carbocycles. The minimum absolute atomic E-state index is 0.107. The van der Waals surface area contributed by atoms with Crippen LogP contribution in [0.5, 0.6) is 0 Å². The maximum atomic E-state index is 12.9. The fourth-order valence-corrected chi connectivity index (χ4v) is 5.61. The number of amides is 4. The van der Waals surface area contributed by atoms with Crippen LogP contribution in [0, 0.1) is 0 Å². The quantitative estimate of drug-likeness (QED) is 0.0338. The largest absolute Gasteiger partial charge is 0.463 e. The molecule has 0 saturated carbocycles. The second-order valence-electron chi connectivity index (χ2n) is 12.7. The van der Waals surface area contributed by atoms with Crippen LogP contribution in [0.2, 0.25) is 0 Å². The first-order valence-corrected chi connectivity index (χ1v) is 20.0. The fourth-order valence-electron chi connectivity index (χ4n) is 5.12. The Kier molecular flexibility index (Phi) is 17.8. The highest BCUT2D eigenvalue weighted by Gasteiger charge is 2.21. The van der Waals surface area contributed by atoms with Crippen molar-refractivity contribution in [3.05, 3.63) is 83.9 Å². The number of carbonyl (C=O) groups excluding carboxylic acids is 5. The normalized spacial score (nSPS) is 11.6. The fraction of sp³-hybridized carbons (Fsp3) is 0.378. The second kappa shape index (κ2) is 23.2. The van der Waals surface area contributed by atoms with Crippen molar-refractivity contribution in [3.63, 3.8) is 0 Å². The summed E-state index contributed by atoms with van der Waals surface area (Å²) in [6, 6.07) is 12.5. The third-order valence-electron chi connectivity index (χ3n) is 8.09. The Morgan fingerprint density at radius 1 is 0.897 bits per heavy atom. The number of carbonyl (C=O) groups is 5. The number of nitrogens with two attached hydrogens (primary N) is 1. The first-order valence-electron chi connectivity index (χ1n) is 18.1. The molecule has 20 nitrogen and oxygen atoms in total. The van der Waals surface area contributed by atoms with Crippen LogP contribution in [0.25, 0.3) is 11.1 Å². The number of hydrogen-bond acceptors (Lipinski definition) is 15. The first kappa shape index (κ1) is 44.6. The van der Waals surface area contributed by atoms with Gasteiger partial charge in [0.05, 0.1) is 32.5 Å². The summed E-state index contributed by atoms with van der Waals surface area (Å²) < 4.78 is 40.2. The lowest BCUT2D eigenvalue weighted by molar-refractivity contribution is -0.133. The Morgan fingerprint density at radius 3 is 2.31 bits per heavy atom. The molecule has 6 N–H and O–H groups in total. The van der Waals surface area contributed by atoms with E-state index in [-0.39, 0.29) is 50.6 Å². The Labute approximate surface area is 334 Å². The summed E-state index contributed by atoms with van der Waals surface area (Å²) in [5.74, 6) is -1.77. The molecular formula is C37H46N10O10S. The highest BCUT2D eigenvalue weighted by Crippen LogP contribution is 2.19. The van der Waals surface area contributed by atoms with Gasteiger partial charge in [0.25, 0.3) is 12.4 Å². The van der Waals surface area contributed by atoms with Gasteiger partial charge < -0.3 is 41.2 Å². The third-order valence-corrected chi connectivity index (χ3v) is 8.97. The van der Waals surface area contributed by atoms with Crippen LogP contribution in [0.1, 0.15) is 40.9 Å². The van der Waals surface area contributed by atoms with Crippen LogP contribution in [-0.2, 0) is 62.9 Å². The molecule has 0 spiro atoms. The number of unbranched alkanes of at least 4 members (excludes halogenated alkanes) is 1. The van der Waals surface area contributed by atoms with Crippen molar-refractivity contribution in [1.29, 1.82) is 0 Å². The van der Waals surface area contributed by atoms with Gasteiger partial charge in [0, 0.05) is 42.0 Å². The number of nitrogens with zero attached hydrogens (tertiary/aromatic N) is 5. The Morgan fingerprint density at radius 2 is 1.62 bits per heavy atom. The van der Waals surface area contributed by atoms with E-state index >= 15 is 0 Å². The van der Waals surface area contributed by atoms with Gasteiger partial charge in [0.1, 0.15) is 31.6 Å². The van der Waals surface area contributed by atoms with E-state index in [1.54, 1.807) is 59.4 Å². The summed E-state index contributed by atoms with van der Waals surface area (Å²) in [7, 11) is -3.51. The highest BCUT2D eigenvalue weighted by molar-refractivity contribution is 7.90. The zero-order chi connectivity index (χ0) is 41.8. The van der Waals surface area contributed by atoms with Crippen molar-refractivity contribution in [2.75, 3.05) is 51.1 Å². The first-order chi connectivity index (χ1) is 27.9. The lowest BCUT2D eigenvalue weighted by Crippen LogP contribution is -2.45. The number of aromatic nitrogens is 5. The molecule has 0 saturated heterocycles. The van der Waals surface area contributed by atoms with Gasteiger partial charge in [-0.2, -0.15) is 0 Å². The molecular weight excluding hydrogens is 777 g/mol. The highest BCUT2D eigenvalue weighted by atomic mass is 32.2. The van der Waals surface area contributed by atoms with E-state index in [4.69, 9.17) is 19.9 Å². The van der Waals surface area contributed by atoms with Gasteiger partial charge in [-0.1, -0.05) is 29.5 Å². The SMILES string of the molecule is CS(=O)(=O)c1ncc(-c2ccc(C(=O)NCc3cn(CCOCCNC(=O)COCC(=O)N[C@@H](CCCCN)C(=O)Nc4ccc(COC=O)cc4)nn3)cc2)cn1. The molecule has 21 heteroatoms. The number of rotatable bonds is 25. The summed E-state index contributed by atoms with van der Waals surface area (Å²) in [6.07, 6.45) is 7.14. The van der Waals surface area contributed by atoms with E-state index in [2.05, 4.69) is 41.5 Å². The van der Waals surface area contributed by atoms with Crippen molar-refractivity contribution < 1.29 is 46.6 Å². The maximum absolute atomic E-state index is 12.9. The van der Waals surface area contributed by atoms with Crippen molar-refractivity contribution in [2.45, 2.75) is 50.2 Å². The Balaban J connectivity index is 1.07. The number of anilines is 1. The lowest BCUT2D eigenvalue weighted by Gasteiger charge is -2.18. The predicted molar refractivity (Wildman–Crippen MR) is 207 cm³/mol. The van der Waals surface area contributed by atoms with Gasteiger partial charge in [-0.05, 0) is 61.2 Å². The van der Waals surface area contributed by atoms with Gasteiger partial charge in [0.2, 0.25) is 32.7 Å². The Bertz CT molecular complexity index is 2060. The zero-order valence-corrected chi connectivity index (χ0v) is 32.6. The van der Waals surface area contributed by atoms with Gasteiger partial charge in [0.15, 0.2) is 0 Å². The molecule has 4 rings (SSSR count). The third kappa shape index (κ3) is 15.4. The summed E-state index contributed by atoms with van der Waals surface area (Å²) in [6.45, 7) is 1.28. The number of sulfone groups is 1. The number of nitrogens with one attached hydrogen (secondary N) is 4. The standard InChI is InChI=1S/C37H46N10O10S/c1-58(53,54)37-41-18-29(19-42-37)27-7-9-28(10-8-27)35(51)40-20-31-21-47(46-45-31)15-17-55-16-14-39-33(49)23-56-24-34(50)44-32(4-2-3-13-38)36(52)43-30-11-5-26(6-12-30)22-57-25-48/h5-12,18-19,21,25,32H,2-4,13-17,20,22-24,38H2,1H3,(H,39,49)(H,40,51)(H,43,52)(H,44,50)/t32-/m0/s1. The molecule has 0 aliphatic heterocycles. The van der Waals surface area contributed by atoms with Crippen LogP contribution in [0.4, 0.5) is 5.69 Å². The predicted octanol–water partition coefficient (Wildman–Crippen LogP) is 0.144. The molecule has 4 aromatic rings. The molecule has 4 amide bonds. The van der Waals surface area contributed by atoms with Crippen molar-refractivity contribution >= 4 is 45.6 Å². The molecule has 0 bridgehead atoms. The Hall–Kier alpha value is -6.16. The molecule has 0 fully saturated rings.